The molecule has 0 atom stereocenters. The minimum absolute atomic E-state index is 0.400. The summed E-state index contributed by atoms with van der Waals surface area (Å²) in [5.41, 5.74) is 1.00. The molecule has 0 fully saturated rings. The van der Waals surface area contributed by atoms with E-state index in [2.05, 4.69) is 23.9 Å². The fourth-order valence-corrected chi connectivity index (χ4v) is 3.91. The van der Waals surface area contributed by atoms with E-state index in [9.17, 15) is 8.42 Å². The van der Waals surface area contributed by atoms with Crippen molar-refractivity contribution < 1.29 is 8.42 Å². The molecule has 1 rings (SSSR count). The Labute approximate surface area is 114 Å². The van der Waals surface area contributed by atoms with Crippen LogP contribution in [0.25, 0.3) is 0 Å². The highest BCUT2D eigenvalue weighted by molar-refractivity contribution is 7.91. The van der Waals surface area contributed by atoms with Gasteiger partial charge in [0.25, 0.3) is 0 Å². The monoisotopic (exact) mass is 290 g/mol. The zero-order chi connectivity index (χ0) is 13.6. The van der Waals surface area contributed by atoms with Crippen molar-refractivity contribution in [3.63, 3.8) is 0 Å². The van der Waals surface area contributed by atoms with Gasteiger partial charge in [-0.05, 0) is 42.8 Å². The van der Waals surface area contributed by atoms with Crippen molar-refractivity contribution in [3.05, 3.63) is 17.0 Å². The SMILES string of the molecule is CNCc1csc(S(=O)(=O)NCCCC(C)C)c1. The minimum Gasteiger partial charge on any atom is -0.316 e. The molecule has 6 heteroatoms. The second-order valence-corrected chi connectivity index (χ2v) is 7.64. The molecule has 0 aromatic carbocycles. The predicted molar refractivity (Wildman–Crippen MR) is 76.3 cm³/mol. The van der Waals surface area contributed by atoms with Crippen LogP contribution in [0, 0.1) is 5.92 Å². The largest absolute Gasteiger partial charge is 0.316 e. The van der Waals surface area contributed by atoms with Gasteiger partial charge in [0.05, 0.1) is 0 Å². The van der Waals surface area contributed by atoms with E-state index in [-0.39, 0.29) is 0 Å². The topological polar surface area (TPSA) is 58.2 Å². The first kappa shape index (κ1) is 15.6. The lowest BCUT2D eigenvalue weighted by Gasteiger charge is -2.06. The highest BCUT2D eigenvalue weighted by Gasteiger charge is 2.15. The summed E-state index contributed by atoms with van der Waals surface area (Å²) >= 11 is 1.27. The van der Waals surface area contributed by atoms with Crippen LogP contribution >= 0.6 is 11.3 Å². The average Bonchev–Trinajstić information content (AvgIpc) is 2.74. The Morgan fingerprint density at radius 2 is 2.11 bits per heavy atom. The van der Waals surface area contributed by atoms with Crippen molar-refractivity contribution in [1.29, 1.82) is 0 Å². The zero-order valence-electron chi connectivity index (χ0n) is 11.2. The van der Waals surface area contributed by atoms with E-state index in [4.69, 9.17) is 0 Å². The molecule has 0 spiro atoms. The summed E-state index contributed by atoms with van der Waals surface area (Å²) in [4.78, 5) is 0. The number of hydrogen-bond acceptors (Lipinski definition) is 4. The lowest BCUT2D eigenvalue weighted by Crippen LogP contribution is -2.24. The maximum atomic E-state index is 12.0. The van der Waals surface area contributed by atoms with Crippen LogP contribution in [0.5, 0.6) is 0 Å². The van der Waals surface area contributed by atoms with Crippen molar-refractivity contribution in [2.75, 3.05) is 13.6 Å². The Bertz CT molecular complexity index is 452. The van der Waals surface area contributed by atoms with E-state index < -0.39 is 10.0 Å². The van der Waals surface area contributed by atoms with Gasteiger partial charge in [-0.2, -0.15) is 0 Å². The Morgan fingerprint density at radius 3 is 2.72 bits per heavy atom. The van der Waals surface area contributed by atoms with Crippen molar-refractivity contribution in [1.82, 2.24) is 10.0 Å². The predicted octanol–water partition coefficient (Wildman–Crippen LogP) is 2.18. The standard InChI is InChI=1S/C12H22N2O2S2/c1-10(2)5-4-6-14-18(15,16)12-7-11(8-13-3)9-17-12/h7,9-10,13-14H,4-6,8H2,1-3H3. The van der Waals surface area contributed by atoms with Gasteiger partial charge in [-0.25, -0.2) is 13.1 Å². The summed E-state index contributed by atoms with van der Waals surface area (Å²) in [5, 5.41) is 4.88. The lowest BCUT2D eigenvalue weighted by atomic mass is 10.1. The van der Waals surface area contributed by atoms with Gasteiger partial charge in [-0.1, -0.05) is 13.8 Å². The van der Waals surface area contributed by atoms with Crippen LogP contribution in [0.2, 0.25) is 0 Å². The first-order valence-corrected chi connectivity index (χ1v) is 8.53. The zero-order valence-corrected chi connectivity index (χ0v) is 12.8. The van der Waals surface area contributed by atoms with Crippen LogP contribution < -0.4 is 10.0 Å². The van der Waals surface area contributed by atoms with E-state index >= 15 is 0 Å². The fraction of sp³-hybridized carbons (Fsp3) is 0.667. The fourth-order valence-electron chi connectivity index (χ4n) is 1.58. The molecule has 0 bridgehead atoms. The second kappa shape index (κ2) is 7.23. The van der Waals surface area contributed by atoms with E-state index in [0.717, 1.165) is 18.4 Å². The first-order valence-electron chi connectivity index (χ1n) is 6.17. The average molecular weight is 290 g/mol. The molecule has 104 valence electrons. The van der Waals surface area contributed by atoms with Crippen LogP contribution in [0.1, 0.15) is 32.3 Å². The molecule has 0 aliphatic rings. The van der Waals surface area contributed by atoms with Crippen LogP contribution in [0.4, 0.5) is 0 Å². The van der Waals surface area contributed by atoms with Crippen molar-refractivity contribution >= 4 is 21.4 Å². The van der Waals surface area contributed by atoms with Gasteiger partial charge < -0.3 is 5.32 Å². The summed E-state index contributed by atoms with van der Waals surface area (Å²) in [6, 6.07) is 1.73. The Kier molecular flexibility index (Phi) is 6.28. The van der Waals surface area contributed by atoms with E-state index in [0.29, 0.717) is 23.2 Å². The number of hydrogen-bond donors (Lipinski definition) is 2. The third-order valence-corrected chi connectivity index (χ3v) is 5.48. The molecule has 0 amide bonds. The normalized spacial score (nSPS) is 12.2. The van der Waals surface area contributed by atoms with Crippen LogP contribution in [0.3, 0.4) is 0 Å². The molecule has 0 radical (unpaired) electrons. The molecule has 1 aromatic heterocycles. The first-order chi connectivity index (χ1) is 8.45. The number of sulfonamides is 1. The van der Waals surface area contributed by atoms with Crippen LogP contribution in [-0.4, -0.2) is 22.0 Å². The molecule has 0 saturated heterocycles. The van der Waals surface area contributed by atoms with E-state index in [1.165, 1.54) is 11.3 Å². The van der Waals surface area contributed by atoms with Crippen molar-refractivity contribution in [2.45, 2.75) is 37.4 Å². The van der Waals surface area contributed by atoms with Gasteiger partial charge >= 0.3 is 0 Å². The smallest absolute Gasteiger partial charge is 0.250 e. The summed E-state index contributed by atoms with van der Waals surface area (Å²) in [6.45, 7) is 5.48. The molecule has 1 aromatic rings. The molecule has 2 N–H and O–H groups in total. The molecular formula is C12H22N2O2S2. The van der Waals surface area contributed by atoms with Gasteiger partial charge in [0.15, 0.2) is 0 Å². The summed E-state index contributed by atoms with van der Waals surface area (Å²) in [5.74, 6) is 0.610. The number of thiophene rings is 1. The molecular weight excluding hydrogens is 268 g/mol. The Balaban J connectivity index is 2.51. The van der Waals surface area contributed by atoms with E-state index in [1.807, 2.05) is 12.4 Å². The molecule has 0 aliphatic heterocycles. The Morgan fingerprint density at radius 1 is 1.39 bits per heavy atom. The third kappa shape index (κ3) is 5.06. The summed E-state index contributed by atoms with van der Waals surface area (Å²) in [7, 11) is -1.47. The second-order valence-electron chi connectivity index (χ2n) is 4.74. The lowest BCUT2D eigenvalue weighted by molar-refractivity contribution is 0.540. The molecule has 0 unspecified atom stereocenters. The molecule has 4 nitrogen and oxygen atoms in total. The number of rotatable bonds is 8. The highest BCUT2D eigenvalue weighted by Crippen LogP contribution is 2.20. The minimum atomic E-state index is -3.31. The van der Waals surface area contributed by atoms with Gasteiger partial charge in [0.1, 0.15) is 4.21 Å². The quantitative estimate of drug-likeness (QED) is 0.722. The molecule has 1 heterocycles. The Hall–Kier alpha value is -0.430. The number of nitrogens with one attached hydrogen (secondary N) is 2. The van der Waals surface area contributed by atoms with E-state index in [1.54, 1.807) is 6.07 Å². The molecule has 0 aliphatic carbocycles. The van der Waals surface area contributed by atoms with Gasteiger partial charge in [-0.3, -0.25) is 0 Å². The molecule has 0 saturated carbocycles. The van der Waals surface area contributed by atoms with Crippen molar-refractivity contribution in [2.24, 2.45) is 5.92 Å². The molecule has 18 heavy (non-hydrogen) atoms. The summed E-state index contributed by atoms with van der Waals surface area (Å²) in [6.07, 6.45) is 1.92. The van der Waals surface area contributed by atoms with Gasteiger partial charge in [0, 0.05) is 13.1 Å². The van der Waals surface area contributed by atoms with Gasteiger partial charge in [-0.15, -0.1) is 11.3 Å². The van der Waals surface area contributed by atoms with Crippen molar-refractivity contribution in [3.8, 4) is 0 Å². The third-order valence-electron chi connectivity index (χ3n) is 2.53. The maximum Gasteiger partial charge on any atom is 0.250 e. The highest BCUT2D eigenvalue weighted by atomic mass is 32.2. The summed E-state index contributed by atoms with van der Waals surface area (Å²) < 4.78 is 27.0. The van der Waals surface area contributed by atoms with Gasteiger partial charge in [0.2, 0.25) is 10.0 Å². The van der Waals surface area contributed by atoms with Crippen LogP contribution in [0.15, 0.2) is 15.7 Å². The maximum absolute atomic E-state index is 12.0. The van der Waals surface area contributed by atoms with Crippen LogP contribution in [-0.2, 0) is 16.6 Å².